The summed E-state index contributed by atoms with van der Waals surface area (Å²) in [5.74, 6) is -11.0. The Kier molecular flexibility index (Phi) is 24.7. The molecule has 27 nitrogen and oxygen atoms in total. The molecule has 3 aromatic rings. The summed E-state index contributed by atoms with van der Waals surface area (Å²) in [7, 11) is 0. The van der Waals surface area contributed by atoms with E-state index in [-0.39, 0.29) is 31.6 Å². The number of carbonyl (C=O) groups is 11. The minimum atomic E-state index is -1.67. The van der Waals surface area contributed by atoms with Crippen LogP contribution in [-0.2, 0) is 65.6 Å². The van der Waals surface area contributed by atoms with Crippen molar-refractivity contribution < 1.29 is 73.2 Å². The van der Waals surface area contributed by atoms with E-state index in [9.17, 15) is 73.2 Å². The number of rotatable bonds is 31. The second kappa shape index (κ2) is 30.2. The molecule has 0 fully saturated rings. The van der Waals surface area contributed by atoms with Gasteiger partial charge in [0.05, 0.1) is 44.5 Å². The molecule has 410 valence electrons. The van der Waals surface area contributed by atoms with Crippen LogP contribution in [0.2, 0.25) is 0 Å². The zero-order chi connectivity index (χ0) is 55.9. The fourth-order valence-electron chi connectivity index (χ4n) is 7.30. The molecule has 18 N–H and O–H groups in total. The van der Waals surface area contributed by atoms with Crippen LogP contribution in [-0.4, -0.2) is 171 Å². The van der Waals surface area contributed by atoms with Crippen LogP contribution in [0.1, 0.15) is 58.1 Å². The summed E-state index contributed by atoms with van der Waals surface area (Å²) in [4.78, 5) is 145. The van der Waals surface area contributed by atoms with Gasteiger partial charge in [-0.3, -0.25) is 47.9 Å². The maximum Gasteiger partial charge on any atom is 0.328 e. The maximum atomic E-state index is 14.0. The zero-order valence-corrected chi connectivity index (χ0v) is 41.8. The molecule has 75 heavy (non-hydrogen) atoms. The number of hydrogen-bond donors (Lipinski definition) is 16. The number of fused-ring (bicyclic) bond motifs is 1. The lowest BCUT2D eigenvalue weighted by molar-refractivity contribution is -0.145. The predicted octanol–water partition coefficient (Wildman–Crippen LogP) is -5.31. The summed E-state index contributed by atoms with van der Waals surface area (Å²) in [5.41, 5.74) is 13.4. The molecule has 27 heteroatoms. The molecule has 10 amide bonds. The topological polar surface area (TPSA) is 445 Å². The van der Waals surface area contributed by atoms with Crippen LogP contribution in [0.25, 0.3) is 10.9 Å². The van der Waals surface area contributed by atoms with Crippen molar-refractivity contribution in [2.45, 2.75) is 114 Å². The minimum absolute atomic E-state index is 0.0512. The third-order valence-corrected chi connectivity index (χ3v) is 11.3. The third kappa shape index (κ3) is 20.8. The standard InChI is InChI=1S/C48H68N12O15/c1-24(2)16-33(46(72)60-41(26(4)63)48(74)75)55-39(67)22-54-44(70)35(23-61)56-38(66)21-52-37(65)20-53-43(69)34(18-28-19-51-31-13-9-8-12-29(28)31)58-45(71)32(14-15-36(50)64)57-47(73)40(25(3)62)59-42(68)30(49)17-27-10-6-5-7-11-27/h5-13,19,24-26,30,32-35,40-41,51,61-63H,14-18,20-23,49H2,1-4H3,(H2,50,64)(H,52,65)(H,53,69)(H,54,70)(H,55,67)(H,56,66)(H,57,73)(H,58,71)(H,59,68)(H,60,72)(H,74,75)/t25-,26-,30+,32+,33+,34+,35+,40+,41+/m1/s1. The third-order valence-electron chi connectivity index (χ3n) is 11.3. The molecule has 0 saturated heterocycles. The molecule has 2 aromatic carbocycles. The number of carbonyl (C=O) groups excluding carboxylic acids is 10. The molecule has 0 unspecified atom stereocenters. The maximum absolute atomic E-state index is 14.0. The van der Waals surface area contributed by atoms with Crippen LogP contribution in [0.3, 0.4) is 0 Å². The number of benzene rings is 2. The highest BCUT2D eigenvalue weighted by molar-refractivity contribution is 5.98. The first-order chi connectivity index (χ1) is 35.4. The van der Waals surface area contributed by atoms with Gasteiger partial charge in [0.25, 0.3) is 0 Å². The Bertz CT molecular complexity index is 2490. The number of para-hydroxylation sites is 1. The molecule has 0 aliphatic heterocycles. The van der Waals surface area contributed by atoms with Gasteiger partial charge in [-0.25, -0.2) is 4.79 Å². The first kappa shape index (κ1) is 61.3. The number of primary amides is 1. The number of nitrogens with one attached hydrogen (secondary N) is 10. The SMILES string of the molecule is CC(C)C[C@H](NC(=O)CNC(=O)[C@H](CO)NC(=O)CNC(=O)CNC(=O)[C@H](Cc1c[nH]c2ccccc12)NC(=O)[C@H](CCC(N)=O)NC(=O)[C@@H](NC(=O)[C@@H](N)Cc1ccccc1)[C@@H](C)O)C(=O)N[C@H](C(=O)O)[C@@H](C)O. The number of amides is 10. The Morgan fingerprint density at radius 2 is 1.11 bits per heavy atom. The van der Waals surface area contributed by atoms with E-state index in [4.69, 9.17) is 11.5 Å². The Morgan fingerprint density at radius 3 is 1.69 bits per heavy atom. The van der Waals surface area contributed by atoms with E-state index in [1.54, 1.807) is 74.6 Å². The summed E-state index contributed by atoms with van der Waals surface area (Å²) >= 11 is 0. The van der Waals surface area contributed by atoms with Crippen molar-refractivity contribution in [1.82, 2.24) is 52.8 Å². The van der Waals surface area contributed by atoms with Gasteiger partial charge in [-0.1, -0.05) is 62.4 Å². The molecule has 0 aliphatic carbocycles. The molecule has 9 atom stereocenters. The van der Waals surface area contributed by atoms with E-state index in [1.165, 1.54) is 6.92 Å². The molecular formula is C48H68N12O15. The Balaban J connectivity index is 1.65. The van der Waals surface area contributed by atoms with Gasteiger partial charge in [-0.2, -0.15) is 0 Å². The highest BCUT2D eigenvalue weighted by Crippen LogP contribution is 2.19. The molecule has 0 spiro atoms. The average molecular weight is 1050 g/mol. The number of carboxylic acids is 1. The number of hydrogen-bond acceptors (Lipinski definition) is 15. The smallest absolute Gasteiger partial charge is 0.328 e. The second-order valence-electron chi connectivity index (χ2n) is 18.0. The van der Waals surface area contributed by atoms with Crippen molar-refractivity contribution in [3.8, 4) is 0 Å². The first-order valence-electron chi connectivity index (χ1n) is 23.8. The zero-order valence-electron chi connectivity index (χ0n) is 41.8. The number of aromatic nitrogens is 1. The van der Waals surface area contributed by atoms with Gasteiger partial charge >= 0.3 is 5.97 Å². The molecule has 0 saturated carbocycles. The summed E-state index contributed by atoms with van der Waals surface area (Å²) in [6, 6.07) is 5.42. The van der Waals surface area contributed by atoms with Gasteiger partial charge in [-0.05, 0) is 56.2 Å². The van der Waals surface area contributed by atoms with Gasteiger partial charge in [0.1, 0.15) is 30.2 Å². The van der Waals surface area contributed by atoms with E-state index in [0.717, 1.165) is 12.5 Å². The van der Waals surface area contributed by atoms with Crippen molar-refractivity contribution >= 4 is 75.9 Å². The van der Waals surface area contributed by atoms with Crippen LogP contribution >= 0.6 is 0 Å². The van der Waals surface area contributed by atoms with Crippen LogP contribution in [0.15, 0.2) is 60.8 Å². The van der Waals surface area contributed by atoms with Crippen molar-refractivity contribution in [3.05, 3.63) is 71.9 Å². The molecule has 1 heterocycles. The van der Waals surface area contributed by atoms with Crippen molar-refractivity contribution in [2.24, 2.45) is 17.4 Å². The van der Waals surface area contributed by atoms with E-state index in [2.05, 4.69) is 52.8 Å². The molecule has 0 radical (unpaired) electrons. The molecule has 0 aliphatic rings. The Morgan fingerprint density at radius 1 is 0.573 bits per heavy atom. The van der Waals surface area contributed by atoms with E-state index < -0.39 is 152 Å². The average Bonchev–Trinajstić information content (AvgIpc) is 3.76. The van der Waals surface area contributed by atoms with Crippen LogP contribution < -0.4 is 59.3 Å². The molecular weight excluding hydrogens is 985 g/mol. The monoisotopic (exact) mass is 1050 g/mol. The number of H-pyrrole nitrogens is 1. The summed E-state index contributed by atoms with van der Waals surface area (Å²) in [6.45, 7) is 2.57. The fourth-order valence-corrected chi connectivity index (χ4v) is 7.30. The predicted molar refractivity (Wildman–Crippen MR) is 267 cm³/mol. The lowest BCUT2D eigenvalue weighted by Gasteiger charge is -2.27. The lowest BCUT2D eigenvalue weighted by Crippen LogP contribution is -2.60. The number of aliphatic hydroxyl groups is 3. The lowest BCUT2D eigenvalue weighted by atomic mass is 10.0. The largest absolute Gasteiger partial charge is 0.480 e. The number of aliphatic hydroxyl groups excluding tert-OH is 3. The van der Waals surface area contributed by atoms with Gasteiger partial charge in [-0.15, -0.1) is 0 Å². The summed E-state index contributed by atoms with van der Waals surface area (Å²) < 4.78 is 0. The molecule has 0 bridgehead atoms. The number of carboxylic acid groups (broad SMARTS) is 1. The van der Waals surface area contributed by atoms with Gasteiger partial charge < -0.3 is 84.7 Å². The van der Waals surface area contributed by atoms with E-state index >= 15 is 0 Å². The van der Waals surface area contributed by atoms with Gasteiger partial charge in [0, 0.05) is 29.9 Å². The number of nitrogens with two attached hydrogens (primary N) is 2. The van der Waals surface area contributed by atoms with E-state index in [0.29, 0.717) is 16.5 Å². The van der Waals surface area contributed by atoms with Crippen molar-refractivity contribution in [1.29, 1.82) is 0 Å². The van der Waals surface area contributed by atoms with Crippen LogP contribution in [0.4, 0.5) is 0 Å². The van der Waals surface area contributed by atoms with Crippen LogP contribution in [0.5, 0.6) is 0 Å². The van der Waals surface area contributed by atoms with Crippen LogP contribution in [0, 0.1) is 5.92 Å². The Hall–Kier alpha value is -8.01. The quantitative estimate of drug-likeness (QED) is 0.0286. The minimum Gasteiger partial charge on any atom is -0.480 e. The van der Waals surface area contributed by atoms with Crippen molar-refractivity contribution in [3.63, 3.8) is 0 Å². The second-order valence-corrected chi connectivity index (χ2v) is 18.0. The van der Waals surface area contributed by atoms with Gasteiger partial charge in [0.2, 0.25) is 59.1 Å². The number of aromatic amines is 1. The van der Waals surface area contributed by atoms with Crippen molar-refractivity contribution in [2.75, 3.05) is 26.2 Å². The highest BCUT2D eigenvalue weighted by Gasteiger charge is 2.34. The Labute approximate surface area is 430 Å². The number of aliphatic carboxylic acids is 1. The first-order valence-corrected chi connectivity index (χ1v) is 23.8. The summed E-state index contributed by atoms with van der Waals surface area (Å²) in [6.07, 6.45) is -2.23. The molecule has 3 rings (SSSR count). The normalized spacial score (nSPS) is 14.7. The van der Waals surface area contributed by atoms with Gasteiger partial charge in [0.15, 0.2) is 6.04 Å². The summed E-state index contributed by atoms with van der Waals surface area (Å²) in [5, 5.41) is 60.9. The fraction of sp³-hybridized carbons (Fsp3) is 0.479. The molecule has 1 aromatic heterocycles. The highest BCUT2D eigenvalue weighted by atomic mass is 16.4. The van der Waals surface area contributed by atoms with E-state index in [1.807, 2.05) is 0 Å².